The molecular weight excluding hydrogens is 160 g/mol. The van der Waals surface area contributed by atoms with Crippen LogP contribution in [0.4, 0.5) is 0 Å². The lowest BCUT2D eigenvalue weighted by Gasteiger charge is -2.21. The highest BCUT2D eigenvalue weighted by atomic mass is 16.9. The predicted octanol–water partition coefficient (Wildman–Crippen LogP) is 0.746. The minimum Gasteiger partial charge on any atom is -0.317 e. The smallest absolute Gasteiger partial charge is 0.294 e. The highest BCUT2D eigenvalue weighted by Gasteiger charge is 2.13. The third-order valence-electron chi connectivity index (χ3n) is 2.05. The summed E-state index contributed by atoms with van der Waals surface area (Å²) in [5.74, 6) is 0.547. The van der Waals surface area contributed by atoms with Gasteiger partial charge in [-0.15, -0.1) is 10.1 Å². The zero-order valence-corrected chi connectivity index (χ0v) is 6.86. The van der Waals surface area contributed by atoms with E-state index >= 15 is 0 Å². The monoisotopic (exact) mass is 173 g/mol. The van der Waals surface area contributed by atoms with Gasteiger partial charge in [0.25, 0.3) is 5.09 Å². The molecule has 0 saturated carbocycles. The van der Waals surface area contributed by atoms with Crippen LogP contribution in [0.2, 0.25) is 0 Å². The summed E-state index contributed by atoms with van der Waals surface area (Å²) < 4.78 is 0. The van der Waals surface area contributed by atoms with Gasteiger partial charge in [-0.25, -0.2) is 0 Å². The molecule has 5 heteroatoms. The van der Waals surface area contributed by atoms with Crippen LogP contribution >= 0.6 is 0 Å². The molecule has 1 saturated heterocycles. The second-order valence-corrected chi connectivity index (χ2v) is 2.92. The van der Waals surface area contributed by atoms with Crippen molar-refractivity contribution in [3.63, 3.8) is 0 Å². The first kappa shape index (κ1) is 9.25. The van der Waals surface area contributed by atoms with Crippen LogP contribution in [0.5, 0.6) is 0 Å². The fourth-order valence-electron chi connectivity index (χ4n) is 1.36. The van der Waals surface area contributed by atoms with Crippen LogP contribution < -0.4 is 5.32 Å². The van der Waals surface area contributed by atoms with Gasteiger partial charge < -0.3 is 10.2 Å². The van der Waals surface area contributed by atoms with E-state index in [1.807, 2.05) is 0 Å². The Hall–Kier alpha value is -0.840. The fraction of sp³-hybridized carbons (Fsp3) is 0.857. The molecule has 0 spiro atoms. The summed E-state index contributed by atoms with van der Waals surface area (Å²) in [5, 5.41) is 12.2. The minimum absolute atomic E-state index is 0.547. The highest BCUT2D eigenvalue weighted by molar-refractivity contribution is 4.70. The van der Waals surface area contributed by atoms with Gasteiger partial charge in [0.05, 0.1) is 0 Å². The van der Waals surface area contributed by atoms with Gasteiger partial charge in [-0.1, -0.05) is 0 Å². The molecule has 0 bridgehead atoms. The lowest BCUT2D eigenvalue weighted by Crippen LogP contribution is -2.27. The Balaban J connectivity index is 2.01. The molecule has 1 aliphatic heterocycles. The van der Waals surface area contributed by atoms with Crippen LogP contribution in [-0.4, -0.2) is 18.2 Å². The molecule has 69 valence electrons. The third kappa shape index (κ3) is 3.52. The maximum absolute atomic E-state index is 9.78. The standard InChI is InChI=1S/C7H13N2O3/c10-9(11)12-6-3-7-1-4-8-5-2-7/h6-8H,1-5H2. The average molecular weight is 173 g/mol. The van der Waals surface area contributed by atoms with E-state index in [-0.39, 0.29) is 0 Å². The van der Waals surface area contributed by atoms with E-state index < -0.39 is 5.09 Å². The van der Waals surface area contributed by atoms with Crippen molar-refractivity contribution < 1.29 is 9.92 Å². The highest BCUT2D eigenvalue weighted by Crippen LogP contribution is 2.17. The molecule has 0 unspecified atom stereocenters. The van der Waals surface area contributed by atoms with Crippen molar-refractivity contribution in [2.24, 2.45) is 5.92 Å². The molecule has 1 fully saturated rings. The summed E-state index contributed by atoms with van der Waals surface area (Å²) in [7, 11) is 0. The zero-order chi connectivity index (χ0) is 8.81. The predicted molar refractivity (Wildman–Crippen MR) is 42.6 cm³/mol. The van der Waals surface area contributed by atoms with Gasteiger partial charge in [0.1, 0.15) is 6.61 Å². The van der Waals surface area contributed by atoms with Gasteiger partial charge in [0, 0.05) is 0 Å². The number of rotatable bonds is 4. The van der Waals surface area contributed by atoms with Crippen LogP contribution in [0.25, 0.3) is 0 Å². The maximum atomic E-state index is 9.78. The lowest BCUT2D eigenvalue weighted by molar-refractivity contribution is -0.746. The summed E-state index contributed by atoms with van der Waals surface area (Å²) in [6, 6.07) is 0. The minimum atomic E-state index is -0.777. The van der Waals surface area contributed by atoms with Gasteiger partial charge in [-0.2, -0.15) is 0 Å². The van der Waals surface area contributed by atoms with Crippen LogP contribution in [0.1, 0.15) is 19.3 Å². The molecule has 0 aromatic rings. The van der Waals surface area contributed by atoms with Gasteiger partial charge in [0.2, 0.25) is 0 Å². The second-order valence-electron chi connectivity index (χ2n) is 2.92. The molecule has 1 radical (unpaired) electrons. The molecule has 0 amide bonds. The average Bonchev–Trinajstić information content (AvgIpc) is 2.05. The van der Waals surface area contributed by atoms with Crippen LogP contribution in [0.15, 0.2) is 0 Å². The topological polar surface area (TPSA) is 64.4 Å². The van der Waals surface area contributed by atoms with Crippen molar-refractivity contribution in [3.05, 3.63) is 16.7 Å². The molecule has 5 nitrogen and oxygen atoms in total. The first-order chi connectivity index (χ1) is 5.79. The molecule has 0 atom stereocenters. The van der Waals surface area contributed by atoms with Gasteiger partial charge in [-0.3, -0.25) is 0 Å². The first-order valence-electron chi connectivity index (χ1n) is 4.12. The largest absolute Gasteiger partial charge is 0.317 e. The van der Waals surface area contributed by atoms with E-state index in [0.29, 0.717) is 12.3 Å². The van der Waals surface area contributed by atoms with E-state index in [4.69, 9.17) is 0 Å². The molecule has 1 heterocycles. The van der Waals surface area contributed by atoms with Gasteiger partial charge in [0.15, 0.2) is 0 Å². The SMILES string of the molecule is O=[N+]([O-])O[CH]CC1CCNCC1. The number of nitrogens with zero attached hydrogens (tertiary/aromatic N) is 1. The maximum Gasteiger partial charge on any atom is 0.294 e. The molecule has 0 aliphatic carbocycles. The summed E-state index contributed by atoms with van der Waals surface area (Å²) in [4.78, 5) is 13.9. The zero-order valence-electron chi connectivity index (χ0n) is 6.86. The Kier molecular flexibility index (Phi) is 3.79. The van der Waals surface area contributed by atoms with Crippen LogP contribution in [-0.2, 0) is 4.84 Å². The van der Waals surface area contributed by atoms with Crippen LogP contribution in [0, 0.1) is 22.6 Å². The van der Waals surface area contributed by atoms with Crippen molar-refractivity contribution in [2.75, 3.05) is 13.1 Å². The fourth-order valence-corrected chi connectivity index (χ4v) is 1.36. The quantitative estimate of drug-likeness (QED) is 0.503. The summed E-state index contributed by atoms with van der Waals surface area (Å²) >= 11 is 0. The van der Waals surface area contributed by atoms with Crippen molar-refractivity contribution in [3.8, 4) is 0 Å². The van der Waals surface area contributed by atoms with Crippen LogP contribution in [0.3, 0.4) is 0 Å². The van der Waals surface area contributed by atoms with E-state index in [1.54, 1.807) is 0 Å². The molecule has 0 aromatic carbocycles. The van der Waals surface area contributed by atoms with Crippen molar-refractivity contribution in [2.45, 2.75) is 19.3 Å². The Morgan fingerprint density at radius 2 is 2.25 bits per heavy atom. The van der Waals surface area contributed by atoms with E-state index in [9.17, 15) is 10.1 Å². The van der Waals surface area contributed by atoms with E-state index in [2.05, 4.69) is 10.2 Å². The third-order valence-corrected chi connectivity index (χ3v) is 2.05. The molecule has 1 N–H and O–H groups in total. The first-order valence-corrected chi connectivity index (χ1v) is 4.12. The normalized spacial score (nSPS) is 19.0. The molecular formula is C7H13N2O3. The van der Waals surface area contributed by atoms with Crippen molar-refractivity contribution >= 4 is 0 Å². The number of nitrogens with one attached hydrogen (secondary N) is 1. The number of piperidine rings is 1. The van der Waals surface area contributed by atoms with Crippen molar-refractivity contribution in [1.82, 2.24) is 5.32 Å². The number of hydrogen-bond acceptors (Lipinski definition) is 4. The second kappa shape index (κ2) is 4.92. The van der Waals surface area contributed by atoms with E-state index in [1.165, 1.54) is 6.61 Å². The lowest BCUT2D eigenvalue weighted by atomic mass is 9.95. The molecule has 12 heavy (non-hydrogen) atoms. The van der Waals surface area contributed by atoms with Crippen molar-refractivity contribution in [1.29, 1.82) is 0 Å². The number of hydrogen-bond donors (Lipinski definition) is 1. The van der Waals surface area contributed by atoms with E-state index in [0.717, 1.165) is 25.9 Å². The molecule has 1 rings (SSSR count). The Labute approximate surface area is 71.2 Å². The Bertz CT molecular complexity index is 146. The van der Waals surface area contributed by atoms with Gasteiger partial charge in [-0.05, 0) is 38.3 Å². The summed E-state index contributed by atoms with van der Waals surface area (Å²) in [5.41, 5.74) is 0. The summed E-state index contributed by atoms with van der Waals surface area (Å²) in [6.45, 7) is 3.31. The molecule has 1 aliphatic rings. The Morgan fingerprint density at radius 3 is 2.83 bits per heavy atom. The summed E-state index contributed by atoms with van der Waals surface area (Å²) in [6.07, 6.45) is 2.85. The van der Waals surface area contributed by atoms with Gasteiger partial charge >= 0.3 is 0 Å². The Morgan fingerprint density at radius 1 is 1.58 bits per heavy atom. The molecule has 0 aromatic heterocycles.